The maximum Gasteiger partial charge on any atom is 0.418 e. The predicted octanol–water partition coefficient (Wildman–Crippen LogP) is 6.69. The molecule has 0 spiro atoms. The number of hydrogen-bond acceptors (Lipinski definition) is 4. The molecule has 3 aromatic carbocycles. The number of benzene rings is 3. The van der Waals surface area contributed by atoms with E-state index in [1.165, 1.54) is 32.3 Å². The van der Waals surface area contributed by atoms with Crippen molar-refractivity contribution in [2.75, 3.05) is 6.54 Å². The van der Waals surface area contributed by atoms with Gasteiger partial charge in [-0.25, -0.2) is 13.8 Å². The first-order chi connectivity index (χ1) is 18.4. The van der Waals surface area contributed by atoms with Crippen LogP contribution in [0.3, 0.4) is 0 Å². The fraction of sp³-hybridized carbons (Fsp3) is 0.250. The number of rotatable bonds is 7. The molecule has 0 bridgehead atoms. The number of hydrogen-bond donors (Lipinski definition) is 2. The molecular formula is C28H25F5N6. The van der Waals surface area contributed by atoms with Gasteiger partial charge in [0.1, 0.15) is 29.2 Å². The molecule has 0 aliphatic carbocycles. The van der Waals surface area contributed by atoms with Crippen LogP contribution in [-0.4, -0.2) is 36.9 Å². The Bertz CT molecular complexity index is 1640. The summed E-state index contributed by atoms with van der Waals surface area (Å²) < 4.78 is 71.6. The Morgan fingerprint density at radius 1 is 0.949 bits per heavy atom. The first-order valence-electron chi connectivity index (χ1n) is 12.1. The topological polar surface area (TPSA) is 71.4 Å². The summed E-state index contributed by atoms with van der Waals surface area (Å²) in [7, 11) is 1.75. The average Bonchev–Trinajstić information content (AvgIpc) is 3.48. The summed E-state index contributed by atoms with van der Waals surface area (Å²) in [6.45, 7) is 2.84. The molecule has 2 N–H and O–H groups in total. The molecule has 0 aliphatic rings. The lowest BCUT2D eigenvalue weighted by Crippen LogP contribution is -2.30. The molecule has 0 aliphatic heterocycles. The Balaban J connectivity index is 1.56. The third-order valence-corrected chi connectivity index (χ3v) is 6.21. The van der Waals surface area contributed by atoms with Crippen molar-refractivity contribution in [2.45, 2.75) is 32.2 Å². The van der Waals surface area contributed by atoms with Crippen LogP contribution >= 0.6 is 0 Å². The largest absolute Gasteiger partial charge is 0.418 e. The molecule has 0 saturated heterocycles. The highest BCUT2D eigenvalue weighted by atomic mass is 19.4. The van der Waals surface area contributed by atoms with Crippen LogP contribution in [0.4, 0.5) is 22.0 Å². The van der Waals surface area contributed by atoms with E-state index in [-0.39, 0.29) is 29.9 Å². The maximum atomic E-state index is 14.2. The Labute approximate surface area is 220 Å². The number of imidazole rings is 1. The molecule has 2 aromatic heterocycles. The molecule has 0 saturated carbocycles. The second-order valence-corrected chi connectivity index (χ2v) is 9.98. The van der Waals surface area contributed by atoms with Crippen molar-refractivity contribution in [2.24, 2.45) is 7.05 Å². The summed E-state index contributed by atoms with van der Waals surface area (Å²) in [5, 5.41) is 10.8. The summed E-state index contributed by atoms with van der Waals surface area (Å²) in [6, 6.07) is 14.0. The quantitative estimate of drug-likeness (QED) is 0.226. The van der Waals surface area contributed by atoms with E-state index in [9.17, 15) is 22.0 Å². The molecule has 5 aromatic rings. The average molecular weight is 541 g/mol. The van der Waals surface area contributed by atoms with E-state index in [1.54, 1.807) is 41.9 Å². The molecule has 0 atom stereocenters. The summed E-state index contributed by atoms with van der Waals surface area (Å²) in [4.78, 5) is 7.31. The molecule has 39 heavy (non-hydrogen) atoms. The molecule has 0 fully saturated rings. The van der Waals surface area contributed by atoms with Crippen LogP contribution in [0.5, 0.6) is 0 Å². The summed E-state index contributed by atoms with van der Waals surface area (Å²) in [6.07, 6.45) is -3.13. The van der Waals surface area contributed by atoms with Crippen LogP contribution in [0.1, 0.15) is 25.0 Å². The molecule has 0 radical (unpaired) electrons. The molecule has 6 nitrogen and oxygen atoms in total. The van der Waals surface area contributed by atoms with Crippen molar-refractivity contribution >= 4 is 11.0 Å². The van der Waals surface area contributed by atoms with Gasteiger partial charge in [0.2, 0.25) is 0 Å². The standard InChI is InChI=1S/C28H25F5N6/c1-27(2,30)14-34-13-16-9-22(28(31,32)33)24-23(10-16)36-25(37-24)18-6-4-5-17(11-18)20-8-7-19(29)12-21(20)26-38-35-15-39(26)3/h4-12,15,34H,13-14H2,1-3H3,(H,36,37). The summed E-state index contributed by atoms with van der Waals surface area (Å²) >= 11 is 0. The van der Waals surface area contributed by atoms with Crippen molar-refractivity contribution in [3.05, 3.63) is 77.9 Å². The molecule has 202 valence electrons. The fourth-order valence-corrected chi connectivity index (χ4v) is 4.45. The highest BCUT2D eigenvalue weighted by Crippen LogP contribution is 2.37. The number of H-pyrrole nitrogens is 1. The zero-order valence-electron chi connectivity index (χ0n) is 21.4. The normalized spacial score (nSPS) is 12.4. The Morgan fingerprint density at radius 3 is 2.41 bits per heavy atom. The van der Waals surface area contributed by atoms with E-state index >= 15 is 0 Å². The second kappa shape index (κ2) is 9.88. The zero-order chi connectivity index (χ0) is 27.9. The van der Waals surface area contributed by atoms with Gasteiger partial charge >= 0.3 is 6.18 Å². The molecule has 0 unspecified atom stereocenters. The third-order valence-electron chi connectivity index (χ3n) is 6.21. The number of halogens is 5. The van der Waals surface area contributed by atoms with E-state index in [0.717, 1.165) is 6.07 Å². The predicted molar refractivity (Wildman–Crippen MR) is 139 cm³/mol. The van der Waals surface area contributed by atoms with Gasteiger partial charge in [-0.2, -0.15) is 13.2 Å². The van der Waals surface area contributed by atoms with Gasteiger partial charge < -0.3 is 14.9 Å². The van der Waals surface area contributed by atoms with Crippen LogP contribution in [0.2, 0.25) is 0 Å². The minimum absolute atomic E-state index is 0.00683. The number of nitrogens with zero attached hydrogens (tertiary/aromatic N) is 4. The highest BCUT2D eigenvalue weighted by Gasteiger charge is 2.34. The Morgan fingerprint density at radius 2 is 1.72 bits per heavy atom. The summed E-state index contributed by atoms with van der Waals surface area (Å²) in [5.41, 5.74) is 0.406. The van der Waals surface area contributed by atoms with Crippen LogP contribution < -0.4 is 5.32 Å². The molecular weight excluding hydrogens is 515 g/mol. The minimum Gasteiger partial charge on any atom is -0.338 e. The fourth-order valence-electron chi connectivity index (χ4n) is 4.45. The molecule has 0 amide bonds. The highest BCUT2D eigenvalue weighted by molar-refractivity contribution is 5.86. The number of aromatic nitrogens is 5. The van der Waals surface area contributed by atoms with Crippen LogP contribution in [0.15, 0.2) is 60.9 Å². The Kier molecular flexibility index (Phi) is 6.71. The zero-order valence-corrected chi connectivity index (χ0v) is 21.4. The number of aromatic amines is 1. The lowest BCUT2D eigenvalue weighted by atomic mass is 9.97. The van der Waals surface area contributed by atoms with Gasteiger partial charge in [0.05, 0.1) is 11.1 Å². The van der Waals surface area contributed by atoms with Crippen LogP contribution in [0.25, 0.3) is 44.9 Å². The number of fused-ring (bicyclic) bond motifs is 1. The van der Waals surface area contributed by atoms with Crippen LogP contribution in [0, 0.1) is 5.82 Å². The van der Waals surface area contributed by atoms with E-state index in [2.05, 4.69) is 25.5 Å². The maximum absolute atomic E-state index is 14.2. The molecule has 11 heteroatoms. The van der Waals surface area contributed by atoms with Gasteiger partial charge in [0.25, 0.3) is 0 Å². The van der Waals surface area contributed by atoms with Gasteiger partial charge in [-0.3, -0.25) is 0 Å². The van der Waals surface area contributed by atoms with Gasteiger partial charge in [0, 0.05) is 31.3 Å². The molecule has 2 heterocycles. The van der Waals surface area contributed by atoms with E-state index < -0.39 is 23.2 Å². The lowest BCUT2D eigenvalue weighted by molar-refractivity contribution is -0.136. The van der Waals surface area contributed by atoms with Crippen molar-refractivity contribution in [1.82, 2.24) is 30.0 Å². The van der Waals surface area contributed by atoms with Crippen molar-refractivity contribution in [1.29, 1.82) is 0 Å². The first-order valence-corrected chi connectivity index (χ1v) is 12.1. The number of aryl methyl sites for hydroxylation is 1. The SMILES string of the molecule is Cn1cnnc1-c1cc(F)ccc1-c1cccc(-c2nc3c(C(F)(F)F)cc(CNCC(C)(C)F)cc3[nH]2)c1. The van der Waals surface area contributed by atoms with E-state index in [1.807, 2.05) is 6.07 Å². The van der Waals surface area contributed by atoms with Crippen LogP contribution in [-0.2, 0) is 19.8 Å². The monoisotopic (exact) mass is 540 g/mol. The Hall–Kier alpha value is -4.12. The third kappa shape index (κ3) is 5.68. The minimum atomic E-state index is -4.64. The van der Waals surface area contributed by atoms with Gasteiger partial charge in [-0.05, 0) is 60.9 Å². The van der Waals surface area contributed by atoms with Crippen molar-refractivity contribution < 1.29 is 22.0 Å². The number of alkyl halides is 4. The van der Waals surface area contributed by atoms with Gasteiger partial charge in [0.15, 0.2) is 5.82 Å². The molecule has 5 rings (SSSR count). The lowest BCUT2D eigenvalue weighted by Gasteiger charge is -2.15. The van der Waals surface area contributed by atoms with Crippen molar-refractivity contribution in [3.63, 3.8) is 0 Å². The van der Waals surface area contributed by atoms with Gasteiger partial charge in [-0.1, -0.05) is 24.3 Å². The summed E-state index contributed by atoms with van der Waals surface area (Å²) in [5.74, 6) is 0.269. The second-order valence-electron chi connectivity index (χ2n) is 9.98. The van der Waals surface area contributed by atoms with E-state index in [4.69, 9.17) is 0 Å². The smallest absolute Gasteiger partial charge is 0.338 e. The van der Waals surface area contributed by atoms with Gasteiger partial charge in [-0.15, -0.1) is 10.2 Å². The first kappa shape index (κ1) is 26.5. The van der Waals surface area contributed by atoms with Crippen molar-refractivity contribution in [3.8, 4) is 33.9 Å². The number of nitrogens with one attached hydrogen (secondary N) is 2. The van der Waals surface area contributed by atoms with E-state index in [0.29, 0.717) is 33.6 Å².